The lowest BCUT2D eigenvalue weighted by molar-refractivity contribution is -0.133. The normalized spacial score (nSPS) is 15.0. The zero-order valence-electron chi connectivity index (χ0n) is 13.3. The lowest BCUT2D eigenvalue weighted by Gasteiger charge is -2.29. The number of likely N-dealkylation sites (N-methyl/N-ethyl adjacent to an activating group) is 2. The molecule has 2 amide bonds. The van der Waals surface area contributed by atoms with Crippen molar-refractivity contribution in [3.63, 3.8) is 0 Å². The summed E-state index contributed by atoms with van der Waals surface area (Å²) >= 11 is 0. The van der Waals surface area contributed by atoms with Crippen molar-refractivity contribution in [2.75, 3.05) is 58.3 Å². The maximum absolute atomic E-state index is 12.3. The summed E-state index contributed by atoms with van der Waals surface area (Å²) in [7, 11) is 3.56. The minimum absolute atomic E-state index is 0.0261. The summed E-state index contributed by atoms with van der Waals surface area (Å²) in [6, 6.07) is 9.50. The Bertz CT molecular complexity index is 500. The van der Waals surface area contributed by atoms with E-state index in [4.69, 9.17) is 0 Å². The van der Waals surface area contributed by atoms with Crippen LogP contribution in [-0.4, -0.2) is 75.0 Å². The predicted octanol–water partition coefficient (Wildman–Crippen LogP) is 0.0130. The number of amides is 2. The first-order chi connectivity index (χ1) is 10.6. The lowest BCUT2D eigenvalue weighted by Crippen LogP contribution is -2.50. The molecular weight excluding hydrogens is 280 g/mol. The molecule has 0 aromatic heterocycles. The van der Waals surface area contributed by atoms with E-state index in [9.17, 15) is 9.59 Å². The molecule has 6 nitrogen and oxygen atoms in total. The van der Waals surface area contributed by atoms with Gasteiger partial charge in [-0.15, -0.1) is 0 Å². The van der Waals surface area contributed by atoms with Crippen LogP contribution in [0.5, 0.6) is 0 Å². The van der Waals surface area contributed by atoms with Crippen LogP contribution in [0.4, 0.5) is 5.69 Å². The van der Waals surface area contributed by atoms with Crippen LogP contribution >= 0.6 is 0 Å². The zero-order valence-corrected chi connectivity index (χ0v) is 13.3. The average molecular weight is 304 g/mol. The van der Waals surface area contributed by atoms with E-state index in [2.05, 4.69) is 5.32 Å². The van der Waals surface area contributed by atoms with Gasteiger partial charge in [-0.25, -0.2) is 0 Å². The van der Waals surface area contributed by atoms with Gasteiger partial charge in [0.25, 0.3) is 0 Å². The monoisotopic (exact) mass is 304 g/mol. The van der Waals surface area contributed by atoms with Crippen LogP contribution in [0.25, 0.3) is 0 Å². The van der Waals surface area contributed by atoms with Crippen molar-refractivity contribution in [3.05, 3.63) is 30.3 Å². The Balaban J connectivity index is 1.82. The summed E-state index contributed by atoms with van der Waals surface area (Å²) in [6.45, 7) is 3.66. The number of hydrogen-bond donors (Lipinski definition) is 1. The van der Waals surface area contributed by atoms with Crippen LogP contribution in [-0.2, 0) is 9.59 Å². The van der Waals surface area contributed by atoms with Crippen molar-refractivity contribution >= 4 is 17.5 Å². The summed E-state index contributed by atoms with van der Waals surface area (Å²) in [5, 5.41) is 3.22. The van der Waals surface area contributed by atoms with E-state index >= 15 is 0 Å². The highest BCUT2D eigenvalue weighted by Crippen LogP contribution is 2.11. The number of piperazine rings is 1. The summed E-state index contributed by atoms with van der Waals surface area (Å²) in [5.41, 5.74) is 0.856. The fraction of sp³-hybridized carbons (Fsp3) is 0.500. The first-order valence-electron chi connectivity index (χ1n) is 7.56. The molecule has 1 heterocycles. The van der Waals surface area contributed by atoms with E-state index < -0.39 is 0 Å². The highest BCUT2D eigenvalue weighted by atomic mass is 16.2. The second kappa shape index (κ2) is 7.91. The second-order valence-corrected chi connectivity index (χ2v) is 5.59. The number of carbonyl (C=O) groups is 2. The van der Waals surface area contributed by atoms with Gasteiger partial charge in [-0.3, -0.25) is 14.5 Å². The summed E-state index contributed by atoms with van der Waals surface area (Å²) in [4.78, 5) is 29.7. The lowest BCUT2D eigenvalue weighted by atomic mass is 10.3. The smallest absolute Gasteiger partial charge is 0.240 e. The maximum atomic E-state index is 12.3. The van der Waals surface area contributed by atoms with Crippen LogP contribution in [0.3, 0.4) is 0 Å². The number of benzene rings is 1. The number of rotatable bonds is 5. The van der Waals surface area contributed by atoms with Crippen LogP contribution in [0.1, 0.15) is 0 Å². The zero-order chi connectivity index (χ0) is 15.9. The van der Waals surface area contributed by atoms with Gasteiger partial charge in [0.05, 0.1) is 13.1 Å². The maximum Gasteiger partial charge on any atom is 0.240 e. The minimum Gasteiger partial charge on any atom is -0.339 e. The average Bonchev–Trinajstić information content (AvgIpc) is 2.55. The highest BCUT2D eigenvalue weighted by Gasteiger charge is 2.20. The van der Waals surface area contributed by atoms with Gasteiger partial charge in [-0.1, -0.05) is 18.2 Å². The second-order valence-electron chi connectivity index (χ2n) is 5.59. The van der Waals surface area contributed by atoms with E-state index in [0.29, 0.717) is 0 Å². The molecule has 120 valence electrons. The molecule has 0 bridgehead atoms. The third kappa shape index (κ3) is 4.54. The van der Waals surface area contributed by atoms with E-state index in [-0.39, 0.29) is 24.9 Å². The quantitative estimate of drug-likeness (QED) is 0.833. The van der Waals surface area contributed by atoms with Crippen LogP contribution in [0, 0.1) is 0 Å². The Morgan fingerprint density at radius 1 is 1.09 bits per heavy atom. The van der Waals surface area contributed by atoms with Gasteiger partial charge >= 0.3 is 0 Å². The van der Waals surface area contributed by atoms with Crippen molar-refractivity contribution in [2.45, 2.75) is 0 Å². The molecule has 0 atom stereocenters. The van der Waals surface area contributed by atoms with E-state index in [1.54, 1.807) is 23.9 Å². The molecule has 0 spiro atoms. The van der Waals surface area contributed by atoms with Gasteiger partial charge in [0, 0.05) is 38.9 Å². The van der Waals surface area contributed by atoms with Crippen LogP contribution < -0.4 is 10.2 Å². The first kappa shape index (κ1) is 16.5. The van der Waals surface area contributed by atoms with Crippen LogP contribution in [0.2, 0.25) is 0 Å². The van der Waals surface area contributed by atoms with Crippen molar-refractivity contribution < 1.29 is 9.59 Å². The van der Waals surface area contributed by atoms with Gasteiger partial charge in [0.1, 0.15) is 0 Å². The molecule has 22 heavy (non-hydrogen) atoms. The fourth-order valence-electron chi connectivity index (χ4n) is 2.43. The number of hydrogen-bond acceptors (Lipinski definition) is 4. The molecule has 6 heteroatoms. The number of nitrogens with zero attached hydrogens (tertiary/aromatic N) is 3. The number of anilines is 1. The topological polar surface area (TPSA) is 55.9 Å². The molecule has 1 aliphatic rings. The largest absolute Gasteiger partial charge is 0.339 e. The number of nitrogens with one attached hydrogen (secondary N) is 1. The van der Waals surface area contributed by atoms with Crippen molar-refractivity contribution in [2.24, 2.45) is 0 Å². The van der Waals surface area contributed by atoms with E-state index in [1.165, 1.54) is 0 Å². The number of carbonyl (C=O) groups excluding carboxylic acids is 2. The summed E-state index contributed by atoms with van der Waals surface area (Å²) in [6.07, 6.45) is 0. The molecule has 0 saturated carbocycles. The third-order valence-electron chi connectivity index (χ3n) is 3.80. The van der Waals surface area contributed by atoms with E-state index in [0.717, 1.165) is 31.9 Å². The summed E-state index contributed by atoms with van der Waals surface area (Å²) < 4.78 is 0. The Morgan fingerprint density at radius 3 is 2.36 bits per heavy atom. The Morgan fingerprint density at radius 2 is 1.73 bits per heavy atom. The van der Waals surface area contributed by atoms with Gasteiger partial charge in [0.2, 0.25) is 11.8 Å². The predicted molar refractivity (Wildman–Crippen MR) is 86.8 cm³/mol. The molecule has 1 saturated heterocycles. The van der Waals surface area contributed by atoms with Crippen molar-refractivity contribution in [1.29, 1.82) is 0 Å². The molecule has 1 N–H and O–H groups in total. The van der Waals surface area contributed by atoms with Gasteiger partial charge < -0.3 is 15.1 Å². The molecular formula is C16H24N4O2. The first-order valence-corrected chi connectivity index (χ1v) is 7.56. The van der Waals surface area contributed by atoms with Gasteiger partial charge in [0.15, 0.2) is 0 Å². The molecule has 0 unspecified atom stereocenters. The standard InChI is InChI=1S/C16H24N4O2/c1-18(13-16(22)20-10-8-17-9-11-20)12-15(21)19(2)14-6-4-3-5-7-14/h3-7,17H,8-13H2,1-2H3. The van der Waals surface area contributed by atoms with Gasteiger partial charge in [-0.2, -0.15) is 0 Å². The molecule has 1 aromatic carbocycles. The molecule has 0 aliphatic carbocycles. The fourth-order valence-corrected chi connectivity index (χ4v) is 2.43. The highest BCUT2D eigenvalue weighted by molar-refractivity contribution is 5.94. The molecule has 1 aromatic rings. The molecule has 2 rings (SSSR count). The SMILES string of the molecule is CN(CC(=O)N1CCNCC1)CC(=O)N(C)c1ccccc1. The van der Waals surface area contributed by atoms with E-state index in [1.807, 2.05) is 35.2 Å². The van der Waals surface area contributed by atoms with Crippen LogP contribution in [0.15, 0.2) is 30.3 Å². The van der Waals surface area contributed by atoms with Gasteiger partial charge in [-0.05, 0) is 19.2 Å². The van der Waals surface area contributed by atoms with Crippen molar-refractivity contribution in [3.8, 4) is 0 Å². The Labute approximate surface area is 131 Å². The number of para-hydroxylation sites is 1. The third-order valence-corrected chi connectivity index (χ3v) is 3.80. The molecule has 0 radical (unpaired) electrons. The summed E-state index contributed by atoms with van der Waals surface area (Å²) in [5.74, 6) is 0.0565. The molecule has 1 fully saturated rings. The minimum atomic E-state index is -0.0261. The Kier molecular flexibility index (Phi) is 5.91. The Hall–Kier alpha value is -1.92. The van der Waals surface area contributed by atoms with Crippen molar-refractivity contribution in [1.82, 2.24) is 15.1 Å². The molecule has 1 aliphatic heterocycles.